The van der Waals surface area contributed by atoms with E-state index >= 15 is 0 Å². The molecule has 1 aromatic rings. The van der Waals surface area contributed by atoms with Crippen LogP contribution in [-0.4, -0.2) is 34.6 Å². The van der Waals surface area contributed by atoms with E-state index in [-0.39, 0.29) is 6.03 Å². The highest BCUT2D eigenvalue weighted by molar-refractivity contribution is 9.11. The van der Waals surface area contributed by atoms with Crippen molar-refractivity contribution in [2.75, 3.05) is 6.54 Å². The summed E-state index contributed by atoms with van der Waals surface area (Å²) in [6.07, 6.45) is 1.28. The van der Waals surface area contributed by atoms with E-state index in [0.717, 1.165) is 15.1 Å². The van der Waals surface area contributed by atoms with Crippen LogP contribution < -0.4 is 5.32 Å². The van der Waals surface area contributed by atoms with Gasteiger partial charge in [-0.25, -0.2) is 9.59 Å². The molecule has 7 heteroatoms. The number of aliphatic carboxylic acids is 1. The molecule has 0 unspecified atom stereocenters. The minimum atomic E-state index is -0.929. The summed E-state index contributed by atoms with van der Waals surface area (Å²) in [5.74, 6) is -0.929. The van der Waals surface area contributed by atoms with Crippen LogP contribution >= 0.6 is 27.3 Å². The van der Waals surface area contributed by atoms with Gasteiger partial charge in [-0.3, -0.25) is 0 Å². The molecule has 1 aliphatic heterocycles. The van der Waals surface area contributed by atoms with Crippen molar-refractivity contribution >= 4 is 39.3 Å². The second kappa shape index (κ2) is 5.71. The van der Waals surface area contributed by atoms with Gasteiger partial charge in [0.2, 0.25) is 0 Å². The number of rotatable bonds is 3. The Morgan fingerprint density at radius 2 is 2.33 bits per heavy atom. The van der Waals surface area contributed by atoms with Gasteiger partial charge in [-0.15, -0.1) is 11.3 Å². The Kier molecular flexibility index (Phi) is 4.23. The third kappa shape index (κ3) is 3.02. The van der Waals surface area contributed by atoms with Gasteiger partial charge < -0.3 is 15.3 Å². The van der Waals surface area contributed by atoms with Crippen LogP contribution in [0.3, 0.4) is 0 Å². The third-order valence-electron chi connectivity index (χ3n) is 2.84. The number of nitrogens with one attached hydrogen (secondary N) is 1. The number of urea groups is 1. The van der Waals surface area contributed by atoms with Crippen molar-refractivity contribution in [1.82, 2.24) is 10.2 Å². The number of carboxylic acids is 1. The highest BCUT2D eigenvalue weighted by Gasteiger charge is 2.33. The molecule has 2 N–H and O–H groups in total. The summed E-state index contributed by atoms with van der Waals surface area (Å²) >= 11 is 4.90. The van der Waals surface area contributed by atoms with E-state index in [2.05, 4.69) is 21.2 Å². The summed E-state index contributed by atoms with van der Waals surface area (Å²) in [5, 5.41) is 11.7. The summed E-state index contributed by atoms with van der Waals surface area (Å²) in [6, 6.07) is 2.86. The van der Waals surface area contributed by atoms with Crippen LogP contribution in [0.2, 0.25) is 0 Å². The van der Waals surface area contributed by atoms with Crippen LogP contribution in [0, 0.1) is 0 Å². The minimum absolute atomic E-state index is 0.301. The molecule has 2 heterocycles. The van der Waals surface area contributed by atoms with E-state index in [4.69, 9.17) is 5.11 Å². The lowest BCUT2D eigenvalue weighted by Crippen LogP contribution is -2.45. The molecule has 0 aromatic carbocycles. The summed E-state index contributed by atoms with van der Waals surface area (Å²) in [7, 11) is 0. The van der Waals surface area contributed by atoms with Gasteiger partial charge in [-0.2, -0.15) is 0 Å². The van der Waals surface area contributed by atoms with Gasteiger partial charge in [-0.1, -0.05) is 0 Å². The highest BCUT2D eigenvalue weighted by atomic mass is 79.9. The van der Waals surface area contributed by atoms with Crippen molar-refractivity contribution in [2.45, 2.75) is 25.4 Å². The van der Waals surface area contributed by atoms with Gasteiger partial charge in [0.15, 0.2) is 0 Å². The first-order valence-corrected chi connectivity index (χ1v) is 7.20. The fourth-order valence-corrected chi connectivity index (χ4v) is 3.40. The first kappa shape index (κ1) is 13.4. The zero-order valence-electron chi connectivity index (χ0n) is 9.56. The summed E-state index contributed by atoms with van der Waals surface area (Å²) in [6.45, 7) is 0.939. The van der Waals surface area contributed by atoms with Crippen molar-refractivity contribution in [1.29, 1.82) is 0 Å². The Hall–Kier alpha value is -1.08. The van der Waals surface area contributed by atoms with Crippen LogP contribution in [0.5, 0.6) is 0 Å². The van der Waals surface area contributed by atoms with Gasteiger partial charge >= 0.3 is 12.0 Å². The molecule has 1 aromatic heterocycles. The average Bonchev–Trinajstić information content (AvgIpc) is 2.94. The Bertz CT molecular complexity index is 463. The third-order valence-corrected chi connectivity index (χ3v) is 4.47. The van der Waals surface area contributed by atoms with Crippen molar-refractivity contribution < 1.29 is 14.7 Å². The van der Waals surface area contributed by atoms with E-state index in [9.17, 15) is 9.59 Å². The molecule has 0 spiro atoms. The van der Waals surface area contributed by atoms with Crippen LogP contribution in [0.1, 0.15) is 17.7 Å². The average molecular weight is 333 g/mol. The fraction of sp³-hybridized carbons (Fsp3) is 0.455. The molecule has 5 nitrogen and oxygen atoms in total. The van der Waals surface area contributed by atoms with Gasteiger partial charge in [0.05, 0.1) is 10.3 Å². The zero-order valence-corrected chi connectivity index (χ0v) is 12.0. The maximum absolute atomic E-state index is 11.9. The van der Waals surface area contributed by atoms with Crippen molar-refractivity contribution in [3.8, 4) is 0 Å². The maximum Gasteiger partial charge on any atom is 0.326 e. The number of nitrogens with zero attached hydrogens (tertiary/aromatic N) is 1. The monoisotopic (exact) mass is 332 g/mol. The Morgan fingerprint density at radius 3 is 2.94 bits per heavy atom. The smallest absolute Gasteiger partial charge is 0.326 e. The number of amides is 2. The lowest BCUT2D eigenvalue weighted by atomic mass is 10.2. The quantitative estimate of drug-likeness (QED) is 0.892. The Balaban J connectivity index is 1.89. The van der Waals surface area contributed by atoms with E-state index in [1.54, 1.807) is 11.3 Å². The molecule has 98 valence electrons. The molecule has 0 radical (unpaired) electrons. The number of likely N-dealkylation sites (tertiary alicyclic amines) is 1. The molecule has 1 atom stereocenters. The van der Waals surface area contributed by atoms with Crippen LogP contribution in [0.15, 0.2) is 15.9 Å². The lowest BCUT2D eigenvalue weighted by molar-refractivity contribution is -0.141. The molecular formula is C11H13BrN2O3S. The van der Waals surface area contributed by atoms with E-state index in [1.807, 2.05) is 12.1 Å². The van der Waals surface area contributed by atoms with Gasteiger partial charge in [0.25, 0.3) is 0 Å². The first-order chi connectivity index (χ1) is 8.58. The standard InChI is InChI=1S/C11H13BrN2O3S/c12-9-4-3-7(18-9)6-13-11(17)14-5-1-2-8(14)10(15)16/h3-4,8H,1-2,5-6H2,(H,13,17)(H,15,16)/t8-/m0/s1. The Labute approximate surface area is 117 Å². The van der Waals surface area contributed by atoms with Gasteiger partial charge in [0.1, 0.15) is 6.04 Å². The van der Waals surface area contributed by atoms with E-state index in [1.165, 1.54) is 4.90 Å². The van der Waals surface area contributed by atoms with Gasteiger partial charge in [-0.05, 0) is 40.9 Å². The predicted octanol–water partition coefficient (Wildman–Crippen LogP) is 2.27. The zero-order chi connectivity index (χ0) is 13.1. The molecule has 18 heavy (non-hydrogen) atoms. The number of hydrogen-bond donors (Lipinski definition) is 2. The molecule has 0 saturated carbocycles. The molecule has 2 amide bonds. The Morgan fingerprint density at radius 1 is 1.56 bits per heavy atom. The number of hydrogen-bond acceptors (Lipinski definition) is 3. The fourth-order valence-electron chi connectivity index (χ4n) is 1.98. The van der Waals surface area contributed by atoms with Crippen molar-refractivity contribution in [2.24, 2.45) is 0 Å². The maximum atomic E-state index is 11.9. The number of carbonyl (C=O) groups is 2. The molecule has 0 aliphatic carbocycles. The van der Waals surface area contributed by atoms with Crippen molar-refractivity contribution in [3.05, 3.63) is 20.8 Å². The summed E-state index contributed by atoms with van der Waals surface area (Å²) in [5.41, 5.74) is 0. The van der Waals surface area contributed by atoms with Crippen molar-refractivity contribution in [3.63, 3.8) is 0 Å². The number of carboxylic acid groups (broad SMARTS) is 1. The largest absolute Gasteiger partial charge is 0.480 e. The van der Waals surface area contributed by atoms with Gasteiger partial charge in [0, 0.05) is 11.4 Å². The normalized spacial score (nSPS) is 18.9. The van der Waals surface area contributed by atoms with Crippen LogP contribution in [-0.2, 0) is 11.3 Å². The van der Waals surface area contributed by atoms with Crippen LogP contribution in [0.4, 0.5) is 4.79 Å². The molecule has 1 aliphatic rings. The number of carbonyl (C=O) groups excluding carboxylic acids is 1. The van der Waals surface area contributed by atoms with Crippen LogP contribution in [0.25, 0.3) is 0 Å². The molecule has 0 bridgehead atoms. The minimum Gasteiger partial charge on any atom is -0.480 e. The predicted molar refractivity (Wildman–Crippen MR) is 71.6 cm³/mol. The molecule has 2 rings (SSSR count). The SMILES string of the molecule is O=C(O)[C@@H]1CCCN1C(=O)NCc1ccc(Br)s1. The number of halogens is 1. The molecule has 1 saturated heterocycles. The van der Waals surface area contributed by atoms with E-state index < -0.39 is 12.0 Å². The topological polar surface area (TPSA) is 69.6 Å². The molecule has 1 fully saturated rings. The first-order valence-electron chi connectivity index (χ1n) is 5.59. The number of thiophene rings is 1. The second-order valence-electron chi connectivity index (χ2n) is 4.05. The highest BCUT2D eigenvalue weighted by Crippen LogP contribution is 2.22. The van der Waals surface area contributed by atoms with E-state index in [0.29, 0.717) is 19.5 Å². The molecular weight excluding hydrogens is 320 g/mol. The summed E-state index contributed by atoms with van der Waals surface area (Å²) < 4.78 is 1.01. The lowest BCUT2D eigenvalue weighted by Gasteiger charge is -2.21. The second-order valence-corrected chi connectivity index (χ2v) is 6.60. The summed E-state index contributed by atoms with van der Waals surface area (Å²) in [4.78, 5) is 25.3.